The molecule has 3 heterocycles. The number of halogens is 1. The minimum atomic E-state index is -1.41. The van der Waals surface area contributed by atoms with Crippen LogP contribution in [0, 0.1) is 22.7 Å². The Hall–Kier alpha value is -3.98. The molecule has 0 amide bonds. The number of ether oxygens (including phenoxy) is 2. The third-order valence-electron chi connectivity index (χ3n) is 7.51. The molecule has 1 saturated carbocycles. The smallest absolute Gasteiger partial charge is 0.224 e. The second-order valence-corrected chi connectivity index (χ2v) is 9.71. The second-order valence-electron chi connectivity index (χ2n) is 9.71. The molecular weight excluding hydrogens is 471 g/mol. The summed E-state index contributed by atoms with van der Waals surface area (Å²) < 4.78 is 23.8. The summed E-state index contributed by atoms with van der Waals surface area (Å²) in [6.45, 7) is 1.28. The van der Waals surface area contributed by atoms with Crippen LogP contribution in [0.5, 0.6) is 11.6 Å². The molecule has 1 aliphatic carbocycles. The van der Waals surface area contributed by atoms with Crippen LogP contribution >= 0.6 is 0 Å². The monoisotopic (exact) mass is 498 g/mol. The molecule has 1 N–H and O–H groups in total. The first-order valence-corrected chi connectivity index (χ1v) is 12.2. The zero-order chi connectivity index (χ0) is 26.2. The second kappa shape index (κ2) is 9.48. The minimum absolute atomic E-state index is 0.158. The minimum Gasteiger partial charge on any atom is -0.481 e. The molecule has 0 radical (unpaired) electrons. The molecule has 1 saturated heterocycles. The summed E-state index contributed by atoms with van der Waals surface area (Å²) in [5.41, 5.74) is 0.402. The van der Waals surface area contributed by atoms with Gasteiger partial charge in [0, 0.05) is 25.1 Å². The highest BCUT2D eigenvalue weighted by atomic mass is 19.1. The first kappa shape index (κ1) is 24.7. The number of aromatic nitrogens is 1. The number of nitriles is 2. The van der Waals surface area contributed by atoms with Gasteiger partial charge in [-0.25, -0.2) is 9.37 Å². The molecule has 0 bridgehead atoms. The van der Waals surface area contributed by atoms with Gasteiger partial charge in [-0.05, 0) is 43.1 Å². The van der Waals surface area contributed by atoms with Crippen LogP contribution in [0.2, 0.25) is 0 Å². The summed E-state index contributed by atoms with van der Waals surface area (Å²) in [4.78, 5) is 6.22. The van der Waals surface area contributed by atoms with Crippen molar-refractivity contribution < 1.29 is 19.0 Å². The molecule has 188 valence electrons. The Labute approximate surface area is 215 Å². The zero-order valence-electron chi connectivity index (χ0n) is 20.7. The van der Waals surface area contributed by atoms with Gasteiger partial charge in [0.25, 0.3) is 0 Å². The fourth-order valence-electron chi connectivity index (χ4n) is 5.84. The number of methoxy groups -OCH3 is 1. The van der Waals surface area contributed by atoms with Crippen LogP contribution in [0.15, 0.2) is 60.7 Å². The van der Waals surface area contributed by atoms with Crippen LogP contribution in [-0.2, 0) is 11.2 Å². The van der Waals surface area contributed by atoms with Crippen molar-refractivity contribution in [3.8, 4) is 23.8 Å². The van der Waals surface area contributed by atoms with Crippen LogP contribution in [0.4, 0.5) is 4.39 Å². The van der Waals surface area contributed by atoms with Crippen molar-refractivity contribution in [1.82, 2.24) is 9.88 Å². The predicted octanol–water partition coefficient (Wildman–Crippen LogP) is 4.16. The van der Waals surface area contributed by atoms with E-state index in [0.29, 0.717) is 42.8 Å². The fraction of sp³-hybridized carbons (Fsp3) is 0.345. The normalized spacial score (nSPS) is 25.8. The number of benzene rings is 2. The maximum absolute atomic E-state index is 12.2. The maximum Gasteiger partial charge on any atom is 0.224 e. The summed E-state index contributed by atoms with van der Waals surface area (Å²) in [6.07, 6.45) is 0.585. The number of pyridine rings is 1. The van der Waals surface area contributed by atoms with E-state index in [9.17, 15) is 20.0 Å². The molecule has 1 aromatic heterocycles. The predicted molar refractivity (Wildman–Crippen MR) is 134 cm³/mol. The summed E-state index contributed by atoms with van der Waals surface area (Å²) in [5.74, 6) is 0.436. The van der Waals surface area contributed by atoms with E-state index in [0.717, 1.165) is 11.1 Å². The van der Waals surface area contributed by atoms with Gasteiger partial charge >= 0.3 is 0 Å². The Kier molecular flexibility index (Phi) is 6.33. The van der Waals surface area contributed by atoms with Crippen molar-refractivity contribution in [2.45, 2.75) is 36.1 Å². The van der Waals surface area contributed by atoms with Crippen molar-refractivity contribution in [3.63, 3.8) is 0 Å². The number of fused-ring (bicyclic) bond motifs is 3. The summed E-state index contributed by atoms with van der Waals surface area (Å²) >= 11 is 0. The quantitative estimate of drug-likeness (QED) is 0.579. The van der Waals surface area contributed by atoms with E-state index >= 15 is 0 Å². The molecule has 3 unspecified atom stereocenters. The number of hydrogen-bond donors (Lipinski definition) is 1. The molecule has 6 rings (SSSR count). The Bertz CT molecular complexity index is 1370. The zero-order valence-corrected chi connectivity index (χ0v) is 20.7. The number of alkyl halides is 1. The van der Waals surface area contributed by atoms with E-state index in [1.54, 1.807) is 18.2 Å². The van der Waals surface area contributed by atoms with E-state index < -0.39 is 17.4 Å². The molecule has 3 aromatic rings. The summed E-state index contributed by atoms with van der Waals surface area (Å²) in [5, 5.41) is 30.9. The van der Waals surface area contributed by atoms with Crippen LogP contribution < -0.4 is 9.47 Å². The number of aliphatic hydroxyl groups is 1. The van der Waals surface area contributed by atoms with Gasteiger partial charge in [0.1, 0.15) is 29.3 Å². The van der Waals surface area contributed by atoms with E-state index in [-0.39, 0.29) is 17.5 Å². The Balaban J connectivity index is 0.000000412. The van der Waals surface area contributed by atoms with Crippen molar-refractivity contribution in [3.05, 3.63) is 88.6 Å². The molecule has 3 aliphatic rings. The average molecular weight is 499 g/mol. The van der Waals surface area contributed by atoms with Crippen molar-refractivity contribution in [1.29, 1.82) is 10.5 Å². The number of likely N-dealkylation sites (tertiary alicyclic amines) is 1. The van der Waals surface area contributed by atoms with Gasteiger partial charge in [0.15, 0.2) is 5.60 Å². The van der Waals surface area contributed by atoms with Gasteiger partial charge in [0.2, 0.25) is 5.88 Å². The Morgan fingerprint density at radius 2 is 1.81 bits per heavy atom. The third-order valence-corrected chi connectivity index (χ3v) is 7.51. The molecule has 0 spiro atoms. The topological polar surface area (TPSA) is 102 Å². The first-order valence-electron chi connectivity index (χ1n) is 12.2. The lowest BCUT2D eigenvalue weighted by Crippen LogP contribution is -2.48. The average Bonchev–Trinajstić information content (AvgIpc) is 3.35. The number of nitrogens with zero attached hydrogens (tertiary/aromatic N) is 4. The van der Waals surface area contributed by atoms with Gasteiger partial charge in [-0.3, -0.25) is 0 Å². The summed E-state index contributed by atoms with van der Waals surface area (Å²) in [6, 6.07) is 22.8. The van der Waals surface area contributed by atoms with Gasteiger partial charge in [-0.15, -0.1) is 0 Å². The SMILES string of the molecule is CN1CC(F)C1.COc1nc(C#N)cc2c1C1(O)CCC(c3ccccc3)C1(c1ccc(C#N)cc1)O2. The highest BCUT2D eigenvalue weighted by Crippen LogP contribution is 2.67. The molecule has 2 aliphatic heterocycles. The number of hydrogen-bond acceptors (Lipinski definition) is 7. The Morgan fingerprint density at radius 1 is 1.11 bits per heavy atom. The maximum atomic E-state index is 12.2. The molecular formula is C29H27FN4O3. The van der Waals surface area contributed by atoms with E-state index in [1.807, 2.05) is 60.5 Å². The van der Waals surface area contributed by atoms with Crippen LogP contribution in [-0.4, -0.2) is 48.4 Å². The van der Waals surface area contributed by atoms with E-state index in [1.165, 1.54) is 7.11 Å². The largest absolute Gasteiger partial charge is 0.481 e. The lowest BCUT2D eigenvalue weighted by molar-refractivity contribution is -0.106. The van der Waals surface area contributed by atoms with Gasteiger partial charge < -0.3 is 19.5 Å². The summed E-state index contributed by atoms with van der Waals surface area (Å²) in [7, 11) is 3.38. The lowest BCUT2D eigenvalue weighted by atomic mass is 9.72. The van der Waals surface area contributed by atoms with Gasteiger partial charge in [0.05, 0.1) is 24.3 Å². The third kappa shape index (κ3) is 3.90. The molecule has 7 nitrogen and oxygen atoms in total. The molecule has 2 aromatic carbocycles. The van der Waals surface area contributed by atoms with Crippen LogP contribution in [0.25, 0.3) is 0 Å². The van der Waals surface area contributed by atoms with Gasteiger partial charge in [-0.2, -0.15) is 10.5 Å². The molecule has 2 fully saturated rings. The standard InChI is InChI=1S/C25H19N3O3.C4H8FN/c1-30-23-22-21(13-19(15-27)28-23)31-25(18-9-7-16(14-26)8-10-18)20(11-12-24(22,25)29)17-5-3-2-4-6-17;1-6-2-4(5)3-6/h2-10,13,20,29H,11-12H2,1H3;4H,2-3H2,1H3. The molecule has 37 heavy (non-hydrogen) atoms. The van der Waals surface area contributed by atoms with Crippen molar-refractivity contribution in [2.24, 2.45) is 0 Å². The van der Waals surface area contributed by atoms with Crippen LogP contribution in [0.1, 0.15) is 46.7 Å². The van der Waals surface area contributed by atoms with Crippen LogP contribution in [0.3, 0.4) is 0 Å². The van der Waals surface area contributed by atoms with Gasteiger partial charge in [-0.1, -0.05) is 42.5 Å². The van der Waals surface area contributed by atoms with E-state index in [2.05, 4.69) is 11.1 Å². The van der Waals surface area contributed by atoms with Crippen molar-refractivity contribution >= 4 is 0 Å². The van der Waals surface area contributed by atoms with E-state index in [4.69, 9.17) is 9.47 Å². The Morgan fingerprint density at radius 3 is 2.35 bits per heavy atom. The fourth-order valence-corrected chi connectivity index (χ4v) is 5.84. The number of rotatable bonds is 3. The highest BCUT2D eigenvalue weighted by Gasteiger charge is 2.69. The van der Waals surface area contributed by atoms with Crippen molar-refractivity contribution in [2.75, 3.05) is 27.2 Å². The highest BCUT2D eigenvalue weighted by molar-refractivity contribution is 5.58. The molecule has 3 atom stereocenters. The lowest BCUT2D eigenvalue weighted by Gasteiger charge is -2.40. The molecule has 8 heteroatoms. The first-order chi connectivity index (χ1) is 17.9.